The Kier molecular flexibility index (Phi) is 35.4. The van der Waals surface area contributed by atoms with E-state index in [1.165, 1.54) is 39.5 Å². The summed E-state index contributed by atoms with van der Waals surface area (Å²) in [6.07, 6.45) is 10.7. The monoisotopic (exact) mass is 1820 g/mol. The molecule has 0 unspecified atom stereocenters. The van der Waals surface area contributed by atoms with Crippen LogP contribution in [0.3, 0.4) is 0 Å². The van der Waals surface area contributed by atoms with Crippen molar-refractivity contribution in [1.29, 1.82) is 5.26 Å². The first-order valence-corrected chi connectivity index (χ1v) is 44.6. The molecule has 16 rings (SSSR count). The molecule has 0 fully saturated rings. The molecule has 0 spiro atoms. The number of hydrogen-bond donors (Lipinski definition) is 8. The van der Waals surface area contributed by atoms with Gasteiger partial charge in [-0.15, -0.1) is 0 Å². The van der Waals surface area contributed by atoms with Gasteiger partial charge in [-0.2, -0.15) is 5.26 Å². The first-order valence-electron chi connectivity index (χ1n) is 43.9. The Morgan fingerprint density at radius 2 is 0.493 bits per heavy atom. The van der Waals surface area contributed by atoms with E-state index < -0.39 is 0 Å². The number of halogens is 2. The van der Waals surface area contributed by atoms with Crippen LogP contribution in [0.1, 0.15) is 99.8 Å². The SMILES string of the molecule is C/C=C\C(=O)c1ccc(-c2ccc(-c3ccc(C(=O)/C=C\O)cc3)cc2)cc1.C/C=C\C(=O)c1ccc(-c2ccc(C(=O)/C=C\O)cc2)cc1.Cc1cc(-c2cc(C)c(-c3ccc(N)c(C)c3)cc2C)ccc1N.Cc1cc(-c2ccc(-c3ccc(N)c(Cl)c3)cc2)ccc1N.Cc1cc(-c2ccc(N)c(Cl)c2)ccc1N.[C-]#[N+]Cc1ccc(-c2ccc(-c3ccc(CC#N)cc3)cc2)cc1. The molecule has 16 aromatic rings. The summed E-state index contributed by atoms with van der Waals surface area (Å²) < 4.78 is 0. The highest BCUT2D eigenvalue weighted by Crippen LogP contribution is 2.38. The highest BCUT2D eigenvalue weighted by Gasteiger charge is 2.15. The van der Waals surface area contributed by atoms with Crippen LogP contribution in [0.2, 0.25) is 10.0 Å². The van der Waals surface area contributed by atoms with Gasteiger partial charge in [0.05, 0.1) is 46.4 Å². The van der Waals surface area contributed by atoms with Crippen LogP contribution < -0.4 is 34.4 Å². The third-order valence-electron chi connectivity index (χ3n) is 22.8. The third-order valence-corrected chi connectivity index (χ3v) is 23.5. The Hall–Kier alpha value is -16.9. The van der Waals surface area contributed by atoms with Crippen molar-refractivity contribution in [2.45, 2.75) is 68.4 Å². The van der Waals surface area contributed by atoms with E-state index in [2.05, 4.69) is 140 Å². The quantitative estimate of drug-likeness (QED) is 0.0116. The molecule has 16 heteroatoms. The fraction of sp³-hybridized carbons (Fsp3) is 0.0833. The number of aliphatic hydroxyl groups is 2. The van der Waals surface area contributed by atoms with E-state index in [-0.39, 0.29) is 23.1 Å². The van der Waals surface area contributed by atoms with E-state index in [0.717, 1.165) is 170 Å². The number of carbonyl (C=O) groups is 4. The lowest BCUT2D eigenvalue weighted by atomic mass is 9.91. The van der Waals surface area contributed by atoms with Crippen LogP contribution in [0.15, 0.2) is 389 Å². The van der Waals surface area contributed by atoms with Gasteiger partial charge >= 0.3 is 0 Å². The Morgan fingerprint density at radius 1 is 0.287 bits per heavy atom. The number of anilines is 6. The van der Waals surface area contributed by atoms with E-state index >= 15 is 0 Å². The van der Waals surface area contributed by atoms with Gasteiger partial charge in [-0.3, -0.25) is 19.2 Å². The number of nitriles is 1. The lowest BCUT2D eigenvalue weighted by Crippen LogP contribution is -1.94. The van der Waals surface area contributed by atoms with Crippen molar-refractivity contribution in [3.8, 4) is 117 Å². The maximum absolute atomic E-state index is 11.9. The second-order valence-electron chi connectivity index (χ2n) is 32.4. The molecule has 0 saturated heterocycles. The van der Waals surface area contributed by atoms with E-state index in [1.54, 1.807) is 61.5 Å². The zero-order valence-corrected chi connectivity index (χ0v) is 78.5. The smallest absolute Gasteiger partial charge is 0.239 e. The van der Waals surface area contributed by atoms with Gasteiger partial charge in [-0.25, -0.2) is 6.57 Å². The number of nitrogens with two attached hydrogens (primary N) is 6. The minimum atomic E-state index is -0.249. The summed E-state index contributed by atoms with van der Waals surface area (Å²) in [4.78, 5) is 50.3. The van der Waals surface area contributed by atoms with Gasteiger partial charge in [-0.1, -0.05) is 302 Å². The van der Waals surface area contributed by atoms with Gasteiger partial charge in [0.15, 0.2) is 23.1 Å². The minimum Gasteiger partial charge on any atom is -0.515 e. The number of hydrogen-bond acceptors (Lipinski definition) is 13. The molecule has 0 bridgehead atoms. The molecule has 676 valence electrons. The fourth-order valence-electron chi connectivity index (χ4n) is 14.7. The zero-order chi connectivity index (χ0) is 97.5. The van der Waals surface area contributed by atoms with Crippen LogP contribution in [-0.4, -0.2) is 33.3 Å². The summed E-state index contributed by atoms with van der Waals surface area (Å²) in [5.74, 6) is -0.506. The largest absolute Gasteiger partial charge is 0.515 e. The van der Waals surface area contributed by atoms with Crippen LogP contribution in [0, 0.1) is 59.4 Å². The van der Waals surface area contributed by atoms with E-state index in [9.17, 15) is 19.2 Å². The number of nitrogen functional groups attached to an aromatic ring is 6. The van der Waals surface area contributed by atoms with E-state index in [0.29, 0.717) is 56.6 Å². The standard InChI is InChI=1S/C25H20O3.C22H24N2.C22H16N2.C19H17ClN2.C19H16O3.C13H13ClN2/c1-2-3-24(27)22-12-8-20(9-13-22)18-4-6-19(7-5-18)21-10-14-23(15-11-21)25(28)16-17-26;1-13-11-20(18-6-8-22(24)16(4)10-18)14(2)12-19(13)17-5-7-21(23)15(3)9-17;1-24-16-18-4-8-20(9-5-18)22-12-10-21(11-13-22)19-6-2-17(3-7-19)14-15-23;1-12-10-15(6-8-18(12)21)13-2-4-14(5-3-13)16-7-9-19(22)17(20)11-16;1-2-3-18(21)16-8-4-14(5-9-16)15-6-10-17(11-7-15)19(22)12-13-20;1-8-6-9(2-4-12(8)15)10-3-5-13(16)11(14)7-10/h2-17,26H,1H3;5-12H,23-24H2,1-4H3;2-13H,14,16H2;2-11H,21-22H2,1H3;2-13,20H,1H3;2-7H,15-16H2,1H3/b3-2-,17-16-;;;;3-2-,13-12-;. The van der Waals surface area contributed by atoms with Crippen molar-refractivity contribution in [1.82, 2.24) is 0 Å². The summed E-state index contributed by atoms with van der Waals surface area (Å²) in [6.45, 7) is 23.4. The Morgan fingerprint density at radius 3 is 0.743 bits per heavy atom. The molecule has 136 heavy (non-hydrogen) atoms. The second kappa shape index (κ2) is 48.3. The van der Waals surface area contributed by atoms with Crippen molar-refractivity contribution in [3.05, 3.63) is 477 Å². The molecular weight excluding hydrogens is 1720 g/mol. The molecule has 0 heterocycles. The lowest BCUT2D eigenvalue weighted by molar-refractivity contribution is 0.103. The molecule has 0 aromatic heterocycles. The number of rotatable bonds is 20. The fourth-order valence-corrected chi connectivity index (χ4v) is 15.1. The maximum atomic E-state index is 11.9. The molecular formula is C120H106Cl2N8O6. The van der Waals surface area contributed by atoms with Crippen LogP contribution in [0.4, 0.5) is 34.1 Å². The molecule has 16 aromatic carbocycles. The van der Waals surface area contributed by atoms with Crippen molar-refractivity contribution in [3.63, 3.8) is 0 Å². The normalized spacial score (nSPS) is 10.7. The van der Waals surface area contributed by atoms with E-state index in [1.807, 2.05) is 223 Å². The Balaban J connectivity index is 0.000000158. The molecule has 0 atom stereocenters. The van der Waals surface area contributed by atoms with Crippen molar-refractivity contribution in [2.75, 3.05) is 34.4 Å². The zero-order valence-electron chi connectivity index (χ0n) is 77.0. The predicted octanol–water partition coefficient (Wildman–Crippen LogP) is 30.0. The van der Waals surface area contributed by atoms with Gasteiger partial charge in [0.1, 0.15) is 0 Å². The van der Waals surface area contributed by atoms with Gasteiger partial charge in [0.25, 0.3) is 0 Å². The maximum Gasteiger partial charge on any atom is 0.239 e. The average molecular weight is 1830 g/mol. The number of nitrogens with zero attached hydrogens (tertiary/aromatic N) is 2. The predicted molar refractivity (Wildman–Crippen MR) is 568 cm³/mol. The first-order chi connectivity index (χ1) is 65.5. The van der Waals surface area contributed by atoms with Crippen molar-refractivity contribution < 1.29 is 29.4 Å². The number of carbonyl (C=O) groups excluding carboxylic acids is 4. The molecule has 0 amide bonds. The number of allylic oxidation sites excluding steroid dienone is 6. The molecule has 0 aliphatic heterocycles. The second-order valence-corrected chi connectivity index (χ2v) is 33.2. The third kappa shape index (κ3) is 27.2. The van der Waals surface area contributed by atoms with Gasteiger partial charge in [-0.05, 0) is 291 Å². The van der Waals surface area contributed by atoms with Crippen LogP contribution in [0.25, 0.3) is 116 Å². The van der Waals surface area contributed by atoms with Crippen LogP contribution in [0.5, 0.6) is 0 Å². The van der Waals surface area contributed by atoms with Gasteiger partial charge in [0, 0.05) is 62.7 Å². The van der Waals surface area contributed by atoms with E-state index in [4.69, 9.17) is 79.7 Å². The Labute approximate surface area is 806 Å². The summed E-state index contributed by atoms with van der Waals surface area (Å²) in [7, 11) is 0. The van der Waals surface area contributed by atoms with Crippen LogP contribution in [-0.2, 0) is 13.0 Å². The Bertz CT molecular complexity index is 6710. The summed E-state index contributed by atoms with van der Waals surface area (Å²) >= 11 is 12.1. The van der Waals surface area contributed by atoms with Gasteiger partial charge < -0.3 is 49.5 Å². The van der Waals surface area contributed by atoms with Crippen molar-refractivity contribution in [2.24, 2.45) is 0 Å². The summed E-state index contributed by atoms with van der Waals surface area (Å²) in [5.41, 5.74) is 73.0. The summed E-state index contributed by atoms with van der Waals surface area (Å²) in [6, 6.07) is 113. The number of benzene rings is 16. The molecule has 0 saturated carbocycles. The number of aliphatic hydroxyl groups excluding tert-OH is 2. The summed E-state index contributed by atoms with van der Waals surface area (Å²) in [5, 5.41) is 27.2. The molecule has 14 N–H and O–H groups in total. The molecule has 0 aliphatic rings. The first kappa shape index (κ1) is 99.7. The molecule has 14 nitrogen and oxygen atoms in total. The number of aryl methyl sites for hydroxylation is 6. The molecule has 0 aliphatic carbocycles. The molecule has 0 radical (unpaired) electrons. The average Bonchev–Trinajstić information content (AvgIpc) is 0.786. The minimum absolute atomic E-state index is 0.000746. The van der Waals surface area contributed by atoms with Crippen molar-refractivity contribution >= 4 is 80.5 Å². The highest BCUT2D eigenvalue weighted by atomic mass is 35.5. The lowest BCUT2D eigenvalue weighted by Gasteiger charge is -2.15. The highest BCUT2D eigenvalue weighted by molar-refractivity contribution is 6.33. The van der Waals surface area contributed by atoms with Crippen LogP contribution >= 0.6 is 23.2 Å². The topological polar surface area (TPSA) is 293 Å². The number of ketones is 4. The van der Waals surface area contributed by atoms with Gasteiger partial charge in [0.2, 0.25) is 6.54 Å².